The van der Waals surface area contributed by atoms with E-state index in [1.54, 1.807) is 19.1 Å². The number of ether oxygens (including phenoxy) is 1. The third kappa shape index (κ3) is 2.70. The molecule has 1 aromatic carbocycles. The molecular weight excluding hydrogens is 248 g/mol. The Kier molecular flexibility index (Phi) is 4.53. The van der Waals surface area contributed by atoms with E-state index in [-0.39, 0.29) is 6.42 Å². The highest BCUT2D eigenvalue weighted by atomic mass is 16.6. The molecule has 0 unspecified atom stereocenters. The van der Waals surface area contributed by atoms with E-state index in [9.17, 15) is 19.8 Å². The van der Waals surface area contributed by atoms with Crippen LogP contribution in [0.15, 0.2) is 18.2 Å². The summed E-state index contributed by atoms with van der Waals surface area (Å²) in [4.78, 5) is 22.6. The fourth-order valence-corrected chi connectivity index (χ4v) is 1.87. The highest BCUT2D eigenvalue weighted by Gasteiger charge is 2.48. The molecule has 5 nitrogen and oxygen atoms in total. The monoisotopic (exact) mass is 266 g/mol. The molecule has 1 rings (SSSR count). The first kappa shape index (κ1) is 15.0. The van der Waals surface area contributed by atoms with Gasteiger partial charge in [-0.15, -0.1) is 0 Å². The second-order valence-corrected chi connectivity index (χ2v) is 4.31. The highest BCUT2D eigenvalue weighted by Crippen LogP contribution is 2.30. The summed E-state index contributed by atoms with van der Waals surface area (Å²) < 4.78 is 5.43. The van der Waals surface area contributed by atoms with E-state index in [2.05, 4.69) is 0 Å². The van der Waals surface area contributed by atoms with Crippen LogP contribution in [-0.4, -0.2) is 27.8 Å². The second kappa shape index (κ2) is 5.73. The summed E-state index contributed by atoms with van der Waals surface area (Å²) in [5, 5.41) is 18.4. The van der Waals surface area contributed by atoms with E-state index in [4.69, 9.17) is 4.74 Å². The zero-order chi connectivity index (χ0) is 14.6. The molecule has 0 aliphatic heterocycles. The van der Waals surface area contributed by atoms with Gasteiger partial charge in [-0.1, -0.05) is 32.0 Å². The van der Waals surface area contributed by atoms with E-state index in [0.717, 1.165) is 11.1 Å². The van der Waals surface area contributed by atoms with Crippen molar-refractivity contribution in [1.29, 1.82) is 0 Å². The van der Waals surface area contributed by atoms with Gasteiger partial charge >= 0.3 is 11.9 Å². The van der Waals surface area contributed by atoms with Gasteiger partial charge in [-0.25, -0.2) is 9.59 Å². The molecule has 0 saturated heterocycles. The Balaban J connectivity index is 3.32. The normalized spacial score (nSPS) is 11.1. The Morgan fingerprint density at radius 2 is 1.79 bits per heavy atom. The average molecular weight is 266 g/mol. The van der Waals surface area contributed by atoms with E-state index in [1.165, 1.54) is 6.92 Å². The lowest BCUT2D eigenvalue weighted by Gasteiger charge is -2.27. The first-order valence-electron chi connectivity index (χ1n) is 6.13. The number of aryl methyl sites for hydroxylation is 2. The Hall–Kier alpha value is -2.04. The van der Waals surface area contributed by atoms with E-state index < -0.39 is 17.5 Å². The number of para-hydroxylation sites is 1. The molecule has 104 valence electrons. The topological polar surface area (TPSA) is 83.8 Å². The van der Waals surface area contributed by atoms with Crippen molar-refractivity contribution in [3.63, 3.8) is 0 Å². The highest BCUT2D eigenvalue weighted by molar-refractivity contribution is 6.02. The van der Waals surface area contributed by atoms with Crippen molar-refractivity contribution >= 4 is 11.9 Å². The molecule has 19 heavy (non-hydrogen) atoms. The number of carboxylic acids is 2. The van der Waals surface area contributed by atoms with Crippen molar-refractivity contribution < 1.29 is 24.5 Å². The summed E-state index contributed by atoms with van der Waals surface area (Å²) in [5.41, 5.74) is -0.726. The molecule has 0 heterocycles. The van der Waals surface area contributed by atoms with Gasteiger partial charge in [0.1, 0.15) is 5.75 Å². The van der Waals surface area contributed by atoms with Crippen molar-refractivity contribution in [1.82, 2.24) is 0 Å². The first-order valence-corrected chi connectivity index (χ1v) is 6.13. The minimum atomic E-state index is -2.24. The largest absolute Gasteiger partial charge is 0.478 e. The van der Waals surface area contributed by atoms with Crippen LogP contribution in [-0.2, 0) is 16.0 Å². The molecule has 0 bridgehead atoms. The maximum atomic E-state index is 11.3. The number of carbonyl (C=O) groups is 2. The predicted octanol–water partition coefficient (Wildman–Crippen LogP) is 2.25. The van der Waals surface area contributed by atoms with Crippen LogP contribution in [0.2, 0.25) is 0 Å². The van der Waals surface area contributed by atoms with Gasteiger partial charge in [-0.05, 0) is 24.5 Å². The summed E-state index contributed by atoms with van der Waals surface area (Å²) in [6, 6.07) is 5.39. The van der Waals surface area contributed by atoms with Gasteiger partial charge in [0.05, 0.1) is 0 Å². The Morgan fingerprint density at radius 3 is 2.21 bits per heavy atom. The van der Waals surface area contributed by atoms with E-state index in [1.807, 2.05) is 13.0 Å². The van der Waals surface area contributed by atoms with Crippen molar-refractivity contribution in [2.24, 2.45) is 0 Å². The van der Waals surface area contributed by atoms with Crippen LogP contribution < -0.4 is 4.74 Å². The SMILES string of the molecule is CCc1cccc(C)c1OC(CC)(C(=O)O)C(=O)O. The fourth-order valence-electron chi connectivity index (χ4n) is 1.87. The third-order valence-corrected chi connectivity index (χ3v) is 3.14. The van der Waals surface area contributed by atoms with E-state index >= 15 is 0 Å². The molecule has 0 aliphatic carbocycles. The molecule has 5 heteroatoms. The molecule has 2 N–H and O–H groups in total. The van der Waals surface area contributed by atoms with Gasteiger partial charge in [0.25, 0.3) is 5.60 Å². The minimum Gasteiger partial charge on any atom is -0.478 e. The Morgan fingerprint density at radius 1 is 1.21 bits per heavy atom. The summed E-state index contributed by atoms with van der Waals surface area (Å²) in [7, 11) is 0. The Labute approximate surface area is 111 Å². The van der Waals surface area contributed by atoms with Crippen molar-refractivity contribution in [2.75, 3.05) is 0 Å². The zero-order valence-electron chi connectivity index (χ0n) is 11.3. The number of rotatable bonds is 6. The van der Waals surface area contributed by atoms with Crippen molar-refractivity contribution in [3.05, 3.63) is 29.3 Å². The molecule has 0 fully saturated rings. The lowest BCUT2D eigenvalue weighted by molar-refractivity contribution is -0.172. The Bertz CT molecular complexity index is 479. The zero-order valence-corrected chi connectivity index (χ0v) is 11.3. The summed E-state index contributed by atoms with van der Waals surface area (Å²) in [6.07, 6.45) is 0.477. The minimum absolute atomic E-state index is 0.158. The van der Waals surface area contributed by atoms with Gasteiger partial charge in [0, 0.05) is 6.42 Å². The smallest absolute Gasteiger partial charge is 0.360 e. The molecular formula is C14H18O5. The number of benzene rings is 1. The first-order chi connectivity index (χ1) is 8.89. The van der Waals surface area contributed by atoms with Crippen molar-refractivity contribution in [3.8, 4) is 5.75 Å². The van der Waals surface area contributed by atoms with Gasteiger partial charge in [-0.3, -0.25) is 0 Å². The van der Waals surface area contributed by atoms with Gasteiger partial charge in [-0.2, -0.15) is 0 Å². The van der Waals surface area contributed by atoms with Crippen LogP contribution in [0.5, 0.6) is 5.75 Å². The van der Waals surface area contributed by atoms with Crippen LogP contribution in [0.25, 0.3) is 0 Å². The molecule has 0 amide bonds. The average Bonchev–Trinajstić information content (AvgIpc) is 2.36. The summed E-state index contributed by atoms with van der Waals surface area (Å²) in [6.45, 7) is 5.14. The quantitative estimate of drug-likeness (QED) is 0.771. The van der Waals surface area contributed by atoms with E-state index in [0.29, 0.717) is 12.2 Å². The maximum Gasteiger partial charge on any atom is 0.360 e. The van der Waals surface area contributed by atoms with Crippen LogP contribution in [0.3, 0.4) is 0 Å². The van der Waals surface area contributed by atoms with Crippen LogP contribution >= 0.6 is 0 Å². The molecule has 0 radical (unpaired) electrons. The fraction of sp³-hybridized carbons (Fsp3) is 0.429. The molecule has 0 saturated carbocycles. The molecule has 1 aromatic rings. The molecule has 0 aromatic heterocycles. The van der Waals surface area contributed by atoms with Gasteiger partial charge in [0.2, 0.25) is 0 Å². The number of carboxylic acid groups (broad SMARTS) is 2. The van der Waals surface area contributed by atoms with Gasteiger partial charge < -0.3 is 14.9 Å². The predicted molar refractivity (Wildman–Crippen MR) is 69.5 cm³/mol. The summed E-state index contributed by atoms with van der Waals surface area (Å²) >= 11 is 0. The maximum absolute atomic E-state index is 11.3. The van der Waals surface area contributed by atoms with Crippen LogP contribution in [0.4, 0.5) is 0 Å². The van der Waals surface area contributed by atoms with Crippen molar-refractivity contribution in [2.45, 2.75) is 39.2 Å². The van der Waals surface area contributed by atoms with Crippen LogP contribution in [0, 0.1) is 6.92 Å². The molecule has 0 spiro atoms. The van der Waals surface area contributed by atoms with Crippen LogP contribution in [0.1, 0.15) is 31.4 Å². The number of hydrogen-bond donors (Lipinski definition) is 2. The number of aliphatic carboxylic acids is 2. The second-order valence-electron chi connectivity index (χ2n) is 4.31. The molecule has 0 aliphatic rings. The lowest BCUT2D eigenvalue weighted by Crippen LogP contribution is -2.51. The number of hydrogen-bond acceptors (Lipinski definition) is 3. The van der Waals surface area contributed by atoms with Gasteiger partial charge in [0.15, 0.2) is 0 Å². The summed E-state index contributed by atoms with van der Waals surface area (Å²) in [5.74, 6) is -2.64. The lowest BCUT2D eigenvalue weighted by atomic mass is 9.99. The third-order valence-electron chi connectivity index (χ3n) is 3.14. The standard InChI is InChI=1S/C14H18O5/c1-4-10-8-6-7-9(3)11(10)19-14(5-2,12(15)16)13(17)18/h6-8H,4-5H2,1-3H3,(H,15,16)(H,17,18). The molecule has 0 atom stereocenters.